The number of rotatable bonds is 3. The molecule has 1 aliphatic heterocycles. The van der Waals surface area contributed by atoms with Gasteiger partial charge in [0.2, 0.25) is 0 Å². The maximum Gasteiger partial charge on any atom is 0.329 e. The standard InChI is InChI=1S/C9H14N2O3/c1-9(7(12)13,6-2-3-6)11-5-4-10-8(11)14/h6H,2-5H2,1H3,(H,10,14)(H,12,13). The summed E-state index contributed by atoms with van der Waals surface area (Å²) in [5, 5.41) is 11.8. The van der Waals surface area contributed by atoms with Crippen molar-refractivity contribution in [3.63, 3.8) is 0 Å². The first-order chi connectivity index (χ1) is 6.56. The molecule has 0 radical (unpaired) electrons. The molecule has 2 N–H and O–H groups in total. The topological polar surface area (TPSA) is 69.6 Å². The summed E-state index contributed by atoms with van der Waals surface area (Å²) in [6, 6.07) is -0.248. The zero-order chi connectivity index (χ0) is 10.3. The minimum Gasteiger partial charge on any atom is -0.479 e. The lowest BCUT2D eigenvalue weighted by molar-refractivity contribution is -0.149. The summed E-state index contributed by atoms with van der Waals surface area (Å²) in [6.45, 7) is 2.70. The molecule has 1 saturated heterocycles. The van der Waals surface area contributed by atoms with Crippen molar-refractivity contribution in [2.75, 3.05) is 13.1 Å². The van der Waals surface area contributed by atoms with Crippen LogP contribution in [0.4, 0.5) is 4.79 Å². The normalized spacial score (nSPS) is 25.8. The Balaban J connectivity index is 2.25. The molecule has 2 rings (SSSR count). The van der Waals surface area contributed by atoms with E-state index in [1.165, 1.54) is 4.90 Å². The summed E-state index contributed by atoms with van der Waals surface area (Å²) in [5.41, 5.74) is -0.999. The van der Waals surface area contributed by atoms with E-state index in [1.807, 2.05) is 0 Å². The molecular weight excluding hydrogens is 184 g/mol. The number of urea groups is 1. The van der Waals surface area contributed by atoms with Gasteiger partial charge in [0.15, 0.2) is 0 Å². The van der Waals surface area contributed by atoms with Crippen LogP contribution in [-0.2, 0) is 4.79 Å². The predicted octanol–water partition coefficient (Wildman–Crippen LogP) is 0.265. The minimum atomic E-state index is -0.999. The SMILES string of the molecule is CC(C(=O)O)(C1CC1)N1CCNC1=O. The number of aliphatic carboxylic acids is 1. The first kappa shape index (κ1) is 9.30. The Kier molecular flexibility index (Phi) is 1.90. The molecule has 2 aliphatic rings. The molecule has 1 unspecified atom stereocenters. The van der Waals surface area contributed by atoms with Gasteiger partial charge >= 0.3 is 12.0 Å². The highest BCUT2D eigenvalue weighted by Gasteiger charge is 2.54. The Morgan fingerprint density at radius 2 is 2.29 bits per heavy atom. The number of carboxylic acids is 1. The number of amides is 2. The third-order valence-electron chi connectivity index (χ3n) is 3.22. The molecule has 5 heteroatoms. The molecule has 1 atom stereocenters. The lowest BCUT2D eigenvalue weighted by atomic mass is 9.94. The van der Waals surface area contributed by atoms with Gasteiger partial charge in [-0.15, -0.1) is 0 Å². The van der Waals surface area contributed by atoms with Gasteiger partial charge in [0, 0.05) is 13.1 Å². The molecule has 0 aromatic rings. The number of nitrogens with one attached hydrogen (secondary N) is 1. The summed E-state index contributed by atoms with van der Waals surface area (Å²) in [5.74, 6) is -0.763. The van der Waals surface area contributed by atoms with Crippen LogP contribution in [0.1, 0.15) is 19.8 Å². The molecule has 0 spiro atoms. The average Bonchev–Trinajstić information content (AvgIpc) is 2.88. The lowest BCUT2D eigenvalue weighted by Crippen LogP contribution is -2.55. The Bertz CT molecular complexity index is 288. The second kappa shape index (κ2) is 2.87. The van der Waals surface area contributed by atoms with E-state index >= 15 is 0 Å². The van der Waals surface area contributed by atoms with E-state index in [-0.39, 0.29) is 11.9 Å². The van der Waals surface area contributed by atoms with Gasteiger partial charge in [0.05, 0.1) is 0 Å². The number of carbonyl (C=O) groups is 2. The monoisotopic (exact) mass is 198 g/mol. The smallest absolute Gasteiger partial charge is 0.329 e. The molecule has 1 saturated carbocycles. The zero-order valence-corrected chi connectivity index (χ0v) is 8.12. The molecular formula is C9H14N2O3. The van der Waals surface area contributed by atoms with E-state index in [0.717, 1.165) is 12.8 Å². The molecule has 5 nitrogen and oxygen atoms in total. The summed E-state index contributed by atoms with van der Waals surface area (Å²) in [7, 11) is 0. The first-order valence-electron chi connectivity index (χ1n) is 4.85. The first-order valence-corrected chi connectivity index (χ1v) is 4.85. The largest absolute Gasteiger partial charge is 0.479 e. The van der Waals surface area contributed by atoms with Crippen molar-refractivity contribution >= 4 is 12.0 Å². The van der Waals surface area contributed by atoms with Gasteiger partial charge in [-0.1, -0.05) is 0 Å². The van der Waals surface area contributed by atoms with Crippen molar-refractivity contribution in [1.29, 1.82) is 0 Å². The van der Waals surface area contributed by atoms with Crippen LogP contribution in [0.3, 0.4) is 0 Å². The fourth-order valence-corrected chi connectivity index (χ4v) is 2.07. The van der Waals surface area contributed by atoms with Crippen LogP contribution in [0.15, 0.2) is 0 Å². The fourth-order valence-electron chi connectivity index (χ4n) is 2.07. The number of carbonyl (C=O) groups excluding carboxylic acids is 1. The van der Waals surface area contributed by atoms with Crippen molar-refractivity contribution in [3.05, 3.63) is 0 Å². The summed E-state index contributed by atoms with van der Waals surface area (Å²) >= 11 is 0. The highest BCUT2D eigenvalue weighted by molar-refractivity contribution is 5.87. The summed E-state index contributed by atoms with van der Waals surface area (Å²) in [4.78, 5) is 24.1. The number of carboxylic acid groups (broad SMARTS) is 1. The minimum absolute atomic E-state index is 0.129. The van der Waals surface area contributed by atoms with E-state index < -0.39 is 11.5 Å². The number of hydrogen-bond acceptors (Lipinski definition) is 2. The number of hydrogen-bond donors (Lipinski definition) is 2. The van der Waals surface area contributed by atoms with Crippen LogP contribution >= 0.6 is 0 Å². The molecule has 0 aromatic heterocycles. The van der Waals surface area contributed by atoms with Gasteiger partial charge in [-0.3, -0.25) is 0 Å². The van der Waals surface area contributed by atoms with E-state index in [0.29, 0.717) is 13.1 Å². The van der Waals surface area contributed by atoms with Crippen LogP contribution in [0, 0.1) is 5.92 Å². The quantitative estimate of drug-likeness (QED) is 0.683. The van der Waals surface area contributed by atoms with Crippen molar-refractivity contribution in [1.82, 2.24) is 10.2 Å². The Morgan fingerprint density at radius 3 is 2.64 bits per heavy atom. The molecule has 1 heterocycles. The highest BCUT2D eigenvalue weighted by atomic mass is 16.4. The summed E-state index contributed by atoms with van der Waals surface area (Å²) in [6.07, 6.45) is 1.82. The molecule has 2 amide bonds. The van der Waals surface area contributed by atoms with Crippen LogP contribution in [0.2, 0.25) is 0 Å². The fraction of sp³-hybridized carbons (Fsp3) is 0.778. The van der Waals surface area contributed by atoms with Gasteiger partial charge in [-0.25, -0.2) is 9.59 Å². The molecule has 0 aromatic carbocycles. The average molecular weight is 198 g/mol. The van der Waals surface area contributed by atoms with Gasteiger partial charge < -0.3 is 15.3 Å². The van der Waals surface area contributed by atoms with Gasteiger partial charge in [-0.2, -0.15) is 0 Å². The van der Waals surface area contributed by atoms with Crippen LogP contribution in [0.5, 0.6) is 0 Å². The Morgan fingerprint density at radius 1 is 1.64 bits per heavy atom. The van der Waals surface area contributed by atoms with Crippen LogP contribution in [0.25, 0.3) is 0 Å². The highest BCUT2D eigenvalue weighted by Crippen LogP contribution is 2.43. The van der Waals surface area contributed by atoms with Gasteiger partial charge in [0.1, 0.15) is 5.54 Å². The maximum absolute atomic E-state index is 11.4. The van der Waals surface area contributed by atoms with Crippen molar-refractivity contribution in [2.45, 2.75) is 25.3 Å². The lowest BCUT2D eigenvalue weighted by Gasteiger charge is -2.34. The molecule has 0 bridgehead atoms. The zero-order valence-electron chi connectivity index (χ0n) is 8.12. The van der Waals surface area contributed by atoms with Crippen molar-refractivity contribution < 1.29 is 14.7 Å². The predicted molar refractivity (Wildman–Crippen MR) is 48.9 cm³/mol. The van der Waals surface area contributed by atoms with Crippen LogP contribution in [-0.4, -0.2) is 40.6 Å². The second-order valence-corrected chi connectivity index (χ2v) is 4.11. The molecule has 78 valence electrons. The van der Waals surface area contributed by atoms with E-state index in [2.05, 4.69) is 5.32 Å². The third-order valence-corrected chi connectivity index (χ3v) is 3.22. The molecule has 1 aliphatic carbocycles. The van der Waals surface area contributed by atoms with Crippen molar-refractivity contribution in [3.8, 4) is 0 Å². The molecule has 14 heavy (non-hydrogen) atoms. The van der Waals surface area contributed by atoms with Gasteiger partial charge in [-0.05, 0) is 25.7 Å². The van der Waals surface area contributed by atoms with E-state index in [4.69, 9.17) is 0 Å². The van der Waals surface area contributed by atoms with Gasteiger partial charge in [0.25, 0.3) is 0 Å². The van der Waals surface area contributed by atoms with E-state index in [9.17, 15) is 14.7 Å². The summed E-state index contributed by atoms with van der Waals surface area (Å²) < 4.78 is 0. The Hall–Kier alpha value is -1.26. The van der Waals surface area contributed by atoms with Crippen molar-refractivity contribution in [2.24, 2.45) is 5.92 Å². The Labute approximate surface area is 82.1 Å². The molecule has 2 fully saturated rings. The maximum atomic E-state index is 11.4. The second-order valence-electron chi connectivity index (χ2n) is 4.11. The third kappa shape index (κ3) is 1.15. The number of nitrogens with zero attached hydrogens (tertiary/aromatic N) is 1. The van der Waals surface area contributed by atoms with E-state index in [1.54, 1.807) is 6.92 Å². The van der Waals surface area contributed by atoms with Crippen LogP contribution < -0.4 is 5.32 Å².